The van der Waals surface area contributed by atoms with Crippen molar-refractivity contribution in [1.29, 1.82) is 0 Å². The van der Waals surface area contributed by atoms with Crippen molar-refractivity contribution in [3.63, 3.8) is 0 Å². The SMILES string of the molecule is Nc1ncc(-c2cnn(C3CCN(CCCN4CCN(C(=O)c5ccc6c(N7CCC(=O)NC7=O)coc6c5)CC4)CC3)c2)nc1C(=O)O[C@@H](C(=O)Nc1ccc(F)cc1)c1ccccc1. The van der Waals surface area contributed by atoms with Crippen LogP contribution in [0.25, 0.3) is 22.2 Å². The van der Waals surface area contributed by atoms with Gasteiger partial charge in [0.25, 0.3) is 11.8 Å². The lowest BCUT2D eigenvalue weighted by molar-refractivity contribution is -0.125. The van der Waals surface area contributed by atoms with E-state index in [4.69, 9.17) is 14.9 Å². The highest BCUT2D eigenvalue weighted by Gasteiger charge is 2.30. The number of amides is 5. The summed E-state index contributed by atoms with van der Waals surface area (Å²) >= 11 is 0. The highest BCUT2D eigenvalue weighted by Crippen LogP contribution is 2.32. The predicted molar refractivity (Wildman–Crippen MR) is 241 cm³/mol. The molecule has 3 aliphatic rings. The van der Waals surface area contributed by atoms with Crippen molar-refractivity contribution in [3.05, 3.63) is 120 Å². The van der Waals surface area contributed by atoms with Gasteiger partial charge in [-0.2, -0.15) is 5.10 Å². The Bertz CT molecular complexity index is 2750. The van der Waals surface area contributed by atoms with E-state index in [1.807, 2.05) is 15.8 Å². The van der Waals surface area contributed by atoms with E-state index < -0.39 is 29.8 Å². The minimum Gasteiger partial charge on any atom is -0.462 e. The van der Waals surface area contributed by atoms with E-state index in [9.17, 15) is 28.4 Å². The predicted octanol–water partition coefficient (Wildman–Crippen LogP) is 5.28. The second kappa shape index (κ2) is 19.3. The Balaban J connectivity index is 0.729. The van der Waals surface area contributed by atoms with E-state index in [1.165, 1.54) is 41.6 Å². The number of carbonyl (C=O) groups is 5. The molecule has 0 spiro atoms. The number of furan rings is 1. The maximum absolute atomic E-state index is 13.6. The summed E-state index contributed by atoms with van der Waals surface area (Å²) in [7, 11) is 0. The Labute approximate surface area is 378 Å². The van der Waals surface area contributed by atoms with Gasteiger partial charge in [-0.1, -0.05) is 30.3 Å². The molecule has 3 aliphatic heterocycles. The maximum atomic E-state index is 13.6. The van der Waals surface area contributed by atoms with Crippen molar-refractivity contribution in [1.82, 2.24) is 39.8 Å². The lowest BCUT2D eigenvalue weighted by Crippen LogP contribution is -2.49. The van der Waals surface area contributed by atoms with Crippen LogP contribution in [0.2, 0.25) is 0 Å². The molecule has 9 rings (SSSR count). The molecule has 340 valence electrons. The lowest BCUT2D eigenvalue weighted by atomic mass is 10.0. The van der Waals surface area contributed by atoms with Gasteiger partial charge in [-0.15, -0.1) is 0 Å². The molecule has 6 heterocycles. The highest BCUT2D eigenvalue weighted by molar-refractivity contribution is 6.10. The number of benzene rings is 3. The zero-order chi connectivity index (χ0) is 45.7. The van der Waals surface area contributed by atoms with Crippen LogP contribution in [0, 0.1) is 5.82 Å². The largest absolute Gasteiger partial charge is 0.462 e. The van der Waals surface area contributed by atoms with Crippen LogP contribution in [0.4, 0.5) is 26.4 Å². The molecule has 3 aromatic heterocycles. The molecule has 66 heavy (non-hydrogen) atoms. The smallest absolute Gasteiger partial charge is 0.361 e. The number of urea groups is 1. The van der Waals surface area contributed by atoms with E-state index in [2.05, 4.69) is 35.5 Å². The Morgan fingerprint density at radius 3 is 2.39 bits per heavy atom. The molecule has 0 radical (unpaired) electrons. The molecule has 1 atom stereocenters. The van der Waals surface area contributed by atoms with Gasteiger partial charge in [0.2, 0.25) is 12.0 Å². The first-order valence-corrected chi connectivity index (χ1v) is 21.9. The number of imide groups is 1. The van der Waals surface area contributed by atoms with Gasteiger partial charge in [-0.3, -0.25) is 34.2 Å². The number of nitrogens with zero attached hydrogens (tertiary/aromatic N) is 8. The van der Waals surface area contributed by atoms with Crippen LogP contribution in [0.1, 0.15) is 64.2 Å². The van der Waals surface area contributed by atoms with E-state index >= 15 is 0 Å². The Morgan fingerprint density at radius 2 is 1.65 bits per heavy atom. The number of nitrogens with two attached hydrogens (primary N) is 1. The van der Waals surface area contributed by atoms with Gasteiger partial charge in [-0.05, 0) is 74.8 Å². The topological polar surface area (TPSA) is 214 Å². The number of nitrogen functional groups attached to an aromatic ring is 1. The number of aromatic nitrogens is 4. The zero-order valence-corrected chi connectivity index (χ0v) is 36.0. The monoisotopic (exact) mass is 897 g/mol. The van der Waals surface area contributed by atoms with Gasteiger partial charge < -0.3 is 30.0 Å². The standard InChI is InChI=1S/C47H48FN11O7/c48-33-8-10-34(11-9-33)52-44(61)42(30-5-2-1-3-6-30)66-46(63)41-43(49)50-27-37(53-41)32-26-51-59(28-32)35-13-18-55(19-14-35)16-4-17-56-21-23-57(24-22-56)45(62)31-7-12-36-38(29-65-39(36)25-31)58-20-15-40(60)54-47(58)64/h1-3,5-12,25-29,35,42H,4,13-24H2,(H2,49,50)(H,52,61)(H,54,60,64)/t42-/m1/s1. The van der Waals surface area contributed by atoms with E-state index in [0.29, 0.717) is 57.8 Å². The van der Waals surface area contributed by atoms with Gasteiger partial charge in [0.1, 0.15) is 17.7 Å². The number of likely N-dealkylation sites (tertiary alicyclic amines) is 1. The van der Waals surface area contributed by atoms with Crippen LogP contribution in [0.15, 0.2) is 102 Å². The molecule has 3 aromatic carbocycles. The average Bonchev–Trinajstić information content (AvgIpc) is 4.00. The maximum Gasteiger partial charge on any atom is 0.361 e. The van der Waals surface area contributed by atoms with Crippen molar-refractivity contribution in [2.45, 2.75) is 37.8 Å². The fourth-order valence-corrected chi connectivity index (χ4v) is 8.60. The number of anilines is 3. The molecule has 6 aromatic rings. The fraction of sp³-hybridized carbons (Fsp3) is 0.319. The summed E-state index contributed by atoms with van der Waals surface area (Å²) < 4.78 is 26.9. The number of halogens is 1. The number of ether oxygens (including phenoxy) is 1. The van der Waals surface area contributed by atoms with Crippen LogP contribution in [-0.2, 0) is 14.3 Å². The van der Waals surface area contributed by atoms with Crippen LogP contribution in [-0.4, -0.2) is 123 Å². The molecule has 0 aliphatic carbocycles. The molecule has 0 saturated carbocycles. The summed E-state index contributed by atoms with van der Waals surface area (Å²) in [5.74, 6) is -2.56. The van der Waals surface area contributed by atoms with Gasteiger partial charge in [-0.25, -0.2) is 23.9 Å². The third-order valence-electron chi connectivity index (χ3n) is 12.3. The van der Waals surface area contributed by atoms with Gasteiger partial charge in [0.05, 0.1) is 29.8 Å². The number of esters is 1. The van der Waals surface area contributed by atoms with Crippen LogP contribution < -0.4 is 21.3 Å². The first kappa shape index (κ1) is 43.7. The van der Waals surface area contributed by atoms with E-state index in [0.717, 1.165) is 58.5 Å². The van der Waals surface area contributed by atoms with Crippen molar-refractivity contribution in [2.75, 3.05) is 74.9 Å². The van der Waals surface area contributed by atoms with Gasteiger partial charge in [0, 0.05) is 86.2 Å². The lowest BCUT2D eigenvalue weighted by Gasteiger charge is -2.36. The second-order valence-corrected chi connectivity index (χ2v) is 16.5. The first-order valence-electron chi connectivity index (χ1n) is 21.9. The van der Waals surface area contributed by atoms with Gasteiger partial charge >= 0.3 is 12.0 Å². The molecule has 5 amide bonds. The van der Waals surface area contributed by atoms with Crippen molar-refractivity contribution in [3.8, 4) is 11.3 Å². The quantitative estimate of drug-likeness (QED) is 0.126. The van der Waals surface area contributed by atoms with E-state index in [1.54, 1.807) is 54.7 Å². The molecular formula is C47H48FN11O7. The van der Waals surface area contributed by atoms with Crippen LogP contribution >= 0.6 is 0 Å². The molecule has 4 N–H and O–H groups in total. The molecule has 0 unspecified atom stereocenters. The first-order chi connectivity index (χ1) is 32.1. The molecule has 3 fully saturated rings. The number of fused-ring (bicyclic) bond motifs is 1. The van der Waals surface area contributed by atoms with Crippen LogP contribution in [0.5, 0.6) is 0 Å². The third-order valence-corrected chi connectivity index (χ3v) is 12.3. The molecule has 0 bridgehead atoms. The average molecular weight is 898 g/mol. The second-order valence-electron chi connectivity index (χ2n) is 16.5. The van der Waals surface area contributed by atoms with Gasteiger partial charge in [0.15, 0.2) is 11.5 Å². The Hall–Kier alpha value is -7.51. The fourth-order valence-electron chi connectivity index (χ4n) is 8.60. The summed E-state index contributed by atoms with van der Waals surface area (Å²) in [6, 6.07) is 18.7. The number of carbonyl (C=O) groups excluding carboxylic acids is 5. The third kappa shape index (κ3) is 9.76. The summed E-state index contributed by atoms with van der Waals surface area (Å²) in [6.45, 7) is 6.84. The number of piperidine rings is 1. The van der Waals surface area contributed by atoms with Crippen molar-refractivity contribution >= 4 is 57.9 Å². The summed E-state index contributed by atoms with van der Waals surface area (Å²) in [5.41, 5.74) is 9.22. The van der Waals surface area contributed by atoms with Crippen LogP contribution in [0.3, 0.4) is 0 Å². The number of hydrogen-bond donors (Lipinski definition) is 3. The number of nitrogens with one attached hydrogen (secondary N) is 2. The minimum absolute atomic E-state index is 0.0600. The number of rotatable bonds is 13. The summed E-state index contributed by atoms with van der Waals surface area (Å²) in [5, 5.41) is 10.3. The molecule has 19 heteroatoms. The molecular weight excluding hydrogens is 850 g/mol. The zero-order valence-electron chi connectivity index (χ0n) is 36.0. The number of hydrogen-bond acceptors (Lipinski definition) is 13. The summed E-state index contributed by atoms with van der Waals surface area (Å²) in [6.07, 6.45) is 8.19. The highest BCUT2D eigenvalue weighted by atomic mass is 19.1. The Morgan fingerprint density at radius 1 is 0.909 bits per heavy atom. The van der Waals surface area contributed by atoms with Crippen molar-refractivity contribution < 1.29 is 37.5 Å². The van der Waals surface area contributed by atoms with E-state index in [-0.39, 0.29) is 42.3 Å². The molecule has 3 saturated heterocycles. The summed E-state index contributed by atoms with van der Waals surface area (Å²) in [4.78, 5) is 81.3. The minimum atomic E-state index is -1.36. The number of piperazine rings is 1. The Kier molecular flexibility index (Phi) is 12.8. The normalized spacial score (nSPS) is 16.9. The van der Waals surface area contributed by atoms with Crippen molar-refractivity contribution in [2.24, 2.45) is 0 Å². The molecule has 18 nitrogen and oxygen atoms in total.